The average Bonchev–Trinajstić information content (AvgIpc) is 2.41. The highest BCUT2D eigenvalue weighted by Gasteiger charge is 2.11. The minimum absolute atomic E-state index is 0.217. The first-order chi connectivity index (χ1) is 9.10. The number of rotatable bonds is 4. The molecule has 2 aromatic carbocycles. The maximum absolute atomic E-state index is 6.04. The number of nitrogens with one attached hydrogen (secondary N) is 1. The Labute approximate surface area is 128 Å². The minimum atomic E-state index is 0.217. The molecular formula is C15H14Cl3N. The monoisotopic (exact) mass is 313 g/mol. The summed E-state index contributed by atoms with van der Waals surface area (Å²) in [6, 6.07) is 13.8. The van der Waals surface area contributed by atoms with Gasteiger partial charge >= 0.3 is 0 Å². The number of hydrogen-bond donors (Lipinski definition) is 1. The lowest BCUT2D eigenvalue weighted by atomic mass is 9.99. The largest absolute Gasteiger partial charge is 0.313 e. The van der Waals surface area contributed by atoms with Gasteiger partial charge in [0.05, 0.1) is 10.0 Å². The topological polar surface area (TPSA) is 12.0 Å². The molecule has 0 spiro atoms. The molecule has 1 unspecified atom stereocenters. The van der Waals surface area contributed by atoms with Crippen molar-refractivity contribution >= 4 is 34.8 Å². The van der Waals surface area contributed by atoms with Crippen LogP contribution in [0.25, 0.3) is 0 Å². The molecule has 0 heterocycles. The molecule has 4 heteroatoms. The molecule has 0 fully saturated rings. The van der Waals surface area contributed by atoms with E-state index in [1.54, 1.807) is 0 Å². The third-order valence-electron chi connectivity index (χ3n) is 3.04. The lowest BCUT2D eigenvalue weighted by Crippen LogP contribution is -2.18. The molecule has 1 atom stereocenters. The maximum atomic E-state index is 6.04. The molecule has 0 saturated heterocycles. The second-order valence-electron chi connectivity index (χ2n) is 4.35. The van der Waals surface area contributed by atoms with Crippen molar-refractivity contribution in [1.82, 2.24) is 5.32 Å². The Kier molecular flexibility index (Phi) is 5.12. The Bertz CT molecular complexity index is 552. The first kappa shape index (κ1) is 14.7. The zero-order chi connectivity index (χ0) is 13.8. The van der Waals surface area contributed by atoms with Gasteiger partial charge in [0.2, 0.25) is 0 Å². The van der Waals surface area contributed by atoms with Crippen LogP contribution in [0.2, 0.25) is 15.1 Å². The average molecular weight is 315 g/mol. The summed E-state index contributed by atoms with van der Waals surface area (Å²) < 4.78 is 0. The minimum Gasteiger partial charge on any atom is -0.313 e. The Balaban J connectivity index is 2.18. The summed E-state index contributed by atoms with van der Waals surface area (Å²) in [5.41, 5.74) is 2.33. The van der Waals surface area contributed by atoms with Gasteiger partial charge in [0, 0.05) is 11.1 Å². The molecule has 100 valence electrons. The Morgan fingerprint density at radius 1 is 0.947 bits per heavy atom. The van der Waals surface area contributed by atoms with Crippen molar-refractivity contribution in [3.63, 3.8) is 0 Å². The van der Waals surface area contributed by atoms with Gasteiger partial charge in [-0.05, 0) is 48.9 Å². The van der Waals surface area contributed by atoms with Crippen LogP contribution in [0.1, 0.15) is 17.2 Å². The Hall–Kier alpha value is -0.730. The van der Waals surface area contributed by atoms with Gasteiger partial charge in [0.1, 0.15) is 0 Å². The quantitative estimate of drug-likeness (QED) is 0.823. The van der Waals surface area contributed by atoms with Crippen molar-refractivity contribution in [2.45, 2.75) is 12.5 Å². The summed E-state index contributed by atoms with van der Waals surface area (Å²) in [7, 11) is 1.94. The SMILES string of the molecule is CNC(Cc1ccc(Cl)c(Cl)c1)c1ccc(Cl)cc1. The van der Waals surface area contributed by atoms with Crippen LogP contribution in [-0.4, -0.2) is 7.05 Å². The Morgan fingerprint density at radius 2 is 1.63 bits per heavy atom. The van der Waals surface area contributed by atoms with E-state index in [-0.39, 0.29) is 6.04 Å². The van der Waals surface area contributed by atoms with Crippen molar-refractivity contribution in [1.29, 1.82) is 0 Å². The van der Waals surface area contributed by atoms with E-state index in [9.17, 15) is 0 Å². The van der Waals surface area contributed by atoms with E-state index in [0.29, 0.717) is 10.0 Å². The zero-order valence-electron chi connectivity index (χ0n) is 10.5. The van der Waals surface area contributed by atoms with E-state index >= 15 is 0 Å². The number of benzene rings is 2. The van der Waals surface area contributed by atoms with Crippen LogP contribution in [0.3, 0.4) is 0 Å². The van der Waals surface area contributed by atoms with Gasteiger partial charge in [-0.15, -0.1) is 0 Å². The van der Waals surface area contributed by atoms with E-state index < -0.39 is 0 Å². The summed E-state index contributed by atoms with van der Waals surface area (Å²) in [6.45, 7) is 0. The molecule has 19 heavy (non-hydrogen) atoms. The van der Waals surface area contributed by atoms with Crippen LogP contribution in [0.5, 0.6) is 0 Å². The van der Waals surface area contributed by atoms with Crippen LogP contribution < -0.4 is 5.32 Å². The van der Waals surface area contributed by atoms with Crippen molar-refractivity contribution in [2.75, 3.05) is 7.05 Å². The van der Waals surface area contributed by atoms with Crippen LogP contribution in [0.4, 0.5) is 0 Å². The van der Waals surface area contributed by atoms with E-state index in [2.05, 4.69) is 5.32 Å². The fourth-order valence-corrected chi connectivity index (χ4v) is 2.43. The smallest absolute Gasteiger partial charge is 0.0595 e. The fraction of sp³-hybridized carbons (Fsp3) is 0.200. The molecule has 1 nitrogen and oxygen atoms in total. The molecule has 0 aliphatic rings. The molecule has 2 aromatic rings. The van der Waals surface area contributed by atoms with Crippen molar-refractivity contribution in [3.05, 3.63) is 68.7 Å². The summed E-state index contributed by atoms with van der Waals surface area (Å²) in [4.78, 5) is 0. The predicted molar refractivity (Wildman–Crippen MR) is 83.4 cm³/mol. The number of likely N-dealkylation sites (N-methyl/N-ethyl adjacent to an activating group) is 1. The third-order valence-corrected chi connectivity index (χ3v) is 4.04. The molecule has 0 radical (unpaired) electrons. The summed E-state index contributed by atoms with van der Waals surface area (Å²) in [6.07, 6.45) is 0.842. The molecule has 0 aliphatic carbocycles. The van der Waals surface area contributed by atoms with Crippen LogP contribution in [-0.2, 0) is 6.42 Å². The zero-order valence-corrected chi connectivity index (χ0v) is 12.7. The summed E-state index contributed by atoms with van der Waals surface area (Å²) >= 11 is 17.9. The molecule has 1 N–H and O–H groups in total. The third kappa shape index (κ3) is 3.87. The number of hydrogen-bond acceptors (Lipinski definition) is 1. The van der Waals surface area contributed by atoms with Gasteiger partial charge in [-0.3, -0.25) is 0 Å². The maximum Gasteiger partial charge on any atom is 0.0595 e. The second-order valence-corrected chi connectivity index (χ2v) is 5.60. The van der Waals surface area contributed by atoms with Crippen molar-refractivity contribution < 1.29 is 0 Å². The molecule has 2 rings (SSSR count). The highest BCUT2D eigenvalue weighted by molar-refractivity contribution is 6.42. The van der Waals surface area contributed by atoms with E-state index in [4.69, 9.17) is 34.8 Å². The van der Waals surface area contributed by atoms with Gasteiger partial charge in [0.15, 0.2) is 0 Å². The molecule has 0 saturated carbocycles. The van der Waals surface area contributed by atoms with Gasteiger partial charge in [-0.2, -0.15) is 0 Å². The first-order valence-corrected chi connectivity index (χ1v) is 7.10. The first-order valence-electron chi connectivity index (χ1n) is 5.97. The molecular weight excluding hydrogens is 301 g/mol. The highest BCUT2D eigenvalue weighted by Crippen LogP contribution is 2.26. The fourth-order valence-electron chi connectivity index (χ4n) is 1.98. The van der Waals surface area contributed by atoms with Gasteiger partial charge in [-0.25, -0.2) is 0 Å². The summed E-state index contributed by atoms with van der Waals surface area (Å²) in [5, 5.41) is 5.21. The normalized spacial score (nSPS) is 12.4. The van der Waals surface area contributed by atoms with Crippen molar-refractivity contribution in [3.8, 4) is 0 Å². The van der Waals surface area contributed by atoms with Gasteiger partial charge in [0.25, 0.3) is 0 Å². The van der Waals surface area contributed by atoms with Crippen LogP contribution in [0, 0.1) is 0 Å². The molecule has 0 amide bonds. The molecule has 0 aliphatic heterocycles. The lowest BCUT2D eigenvalue weighted by molar-refractivity contribution is 0.592. The molecule has 0 bridgehead atoms. The van der Waals surface area contributed by atoms with E-state index in [1.807, 2.05) is 49.5 Å². The van der Waals surface area contributed by atoms with Crippen LogP contribution >= 0.6 is 34.8 Å². The van der Waals surface area contributed by atoms with E-state index in [1.165, 1.54) is 5.56 Å². The second kappa shape index (κ2) is 6.62. The predicted octanol–water partition coefficient (Wildman–Crippen LogP) is 5.15. The van der Waals surface area contributed by atoms with Crippen molar-refractivity contribution in [2.24, 2.45) is 0 Å². The Morgan fingerprint density at radius 3 is 2.21 bits per heavy atom. The van der Waals surface area contributed by atoms with Crippen LogP contribution in [0.15, 0.2) is 42.5 Å². The van der Waals surface area contributed by atoms with E-state index in [0.717, 1.165) is 17.0 Å². The lowest BCUT2D eigenvalue weighted by Gasteiger charge is -2.17. The number of halogens is 3. The highest BCUT2D eigenvalue weighted by atomic mass is 35.5. The van der Waals surface area contributed by atoms with Gasteiger partial charge in [-0.1, -0.05) is 53.0 Å². The van der Waals surface area contributed by atoms with Gasteiger partial charge < -0.3 is 5.32 Å². The standard InChI is InChI=1S/C15H14Cl3N/c1-19-15(11-3-5-12(16)6-4-11)9-10-2-7-13(17)14(18)8-10/h2-8,15,19H,9H2,1H3. The summed E-state index contributed by atoms with van der Waals surface area (Å²) in [5.74, 6) is 0. The molecule has 0 aromatic heterocycles.